The smallest absolute Gasteiger partial charge is 0.333 e. The molecule has 1 heterocycles. The third-order valence-corrected chi connectivity index (χ3v) is 4.93. The normalized spacial score (nSPS) is 35.0. The zero-order valence-electron chi connectivity index (χ0n) is 9.91. The third kappa shape index (κ3) is 2.18. The predicted molar refractivity (Wildman–Crippen MR) is 57.1 cm³/mol. The Morgan fingerprint density at radius 2 is 1.69 bits per heavy atom. The van der Waals surface area contributed by atoms with Gasteiger partial charge in [-0.05, 0) is 34.1 Å². The van der Waals surface area contributed by atoms with Crippen LogP contribution >= 0.6 is 7.60 Å². The Morgan fingerprint density at radius 3 is 2.06 bits per heavy atom. The van der Waals surface area contributed by atoms with E-state index in [1.165, 1.54) is 13.8 Å². The van der Waals surface area contributed by atoms with Gasteiger partial charge in [-0.1, -0.05) is 0 Å². The lowest BCUT2D eigenvalue weighted by Crippen LogP contribution is -2.66. The molecule has 0 spiro atoms. The summed E-state index contributed by atoms with van der Waals surface area (Å²) in [5.74, 6) is 0. The van der Waals surface area contributed by atoms with E-state index in [-0.39, 0.29) is 6.42 Å². The lowest BCUT2D eigenvalue weighted by atomic mass is 9.80. The van der Waals surface area contributed by atoms with Crippen LogP contribution in [0, 0.1) is 0 Å². The summed E-state index contributed by atoms with van der Waals surface area (Å²) in [5.41, 5.74) is -3.46. The van der Waals surface area contributed by atoms with Gasteiger partial charge in [0.15, 0.2) is 0 Å². The highest BCUT2D eigenvalue weighted by Crippen LogP contribution is 2.54. The molecule has 16 heavy (non-hydrogen) atoms. The largest absolute Gasteiger partial charge is 0.392 e. The summed E-state index contributed by atoms with van der Waals surface area (Å²) in [5, 5.41) is 22.6. The van der Waals surface area contributed by atoms with Crippen molar-refractivity contribution in [3.05, 3.63) is 0 Å². The topological polar surface area (TPSA) is 101 Å². The van der Waals surface area contributed by atoms with Gasteiger partial charge in [0.05, 0.1) is 11.6 Å². The standard InChI is InChI=1S/C9H19NO5P/c1-8(2)5-6(11)7(16(13,14)15)9(3,4)10(8)12/h6-7,11H,5H2,1-4H3,(H2,13,14,15). The number of piperidine rings is 1. The SMILES string of the molecule is CC1(C)CC(O)C(P(=O)(O)O)C(C)(C)N1[O]. The third-order valence-electron chi connectivity index (χ3n) is 3.23. The molecule has 0 aliphatic carbocycles. The summed E-state index contributed by atoms with van der Waals surface area (Å²) >= 11 is 0. The van der Waals surface area contributed by atoms with Gasteiger partial charge < -0.3 is 14.9 Å². The van der Waals surface area contributed by atoms with Crippen molar-refractivity contribution in [1.29, 1.82) is 0 Å². The van der Waals surface area contributed by atoms with E-state index in [2.05, 4.69) is 0 Å². The maximum Gasteiger partial charge on any atom is 0.333 e. The van der Waals surface area contributed by atoms with E-state index in [9.17, 15) is 24.7 Å². The van der Waals surface area contributed by atoms with Gasteiger partial charge in [-0.25, -0.2) is 0 Å². The molecule has 0 aromatic heterocycles. The molecule has 0 aromatic rings. The number of aliphatic hydroxyl groups excluding tert-OH is 1. The number of hydrogen-bond donors (Lipinski definition) is 3. The maximum atomic E-state index is 12.0. The Balaban J connectivity index is 3.19. The average molecular weight is 252 g/mol. The lowest BCUT2D eigenvalue weighted by Gasteiger charge is -2.52. The Bertz CT molecular complexity index is 324. The molecule has 0 bridgehead atoms. The summed E-state index contributed by atoms with van der Waals surface area (Å²) < 4.78 is 11.3. The first-order chi connectivity index (χ1) is 6.90. The molecule has 1 fully saturated rings. The molecule has 1 rings (SSSR count). The van der Waals surface area contributed by atoms with Crippen molar-refractivity contribution in [2.24, 2.45) is 0 Å². The fourth-order valence-electron chi connectivity index (χ4n) is 2.71. The van der Waals surface area contributed by atoms with Gasteiger partial charge in [0.1, 0.15) is 5.66 Å². The molecule has 1 radical (unpaired) electrons. The molecule has 0 amide bonds. The fraction of sp³-hybridized carbons (Fsp3) is 1.00. The van der Waals surface area contributed by atoms with Gasteiger partial charge in [-0.3, -0.25) is 4.57 Å². The van der Waals surface area contributed by atoms with Gasteiger partial charge in [-0.15, -0.1) is 10.3 Å². The van der Waals surface area contributed by atoms with Crippen LogP contribution in [0.3, 0.4) is 0 Å². The van der Waals surface area contributed by atoms with Crippen LogP contribution in [0.4, 0.5) is 0 Å². The first-order valence-electron chi connectivity index (χ1n) is 5.11. The number of aliphatic hydroxyl groups is 1. The monoisotopic (exact) mass is 252 g/mol. The van der Waals surface area contributed by atoms with E-state index in [0.29, 0.717) is 5.06 Å². The Hall–Kier alpha value is 0.0300. The number of nitrogens with zero attached hydrogens (tertiary/aromatic N) is 1. The van der Waals surface area contributed by atoms with Crippen molar-refractivity contribution < 1.29 is 24.7 Å². The van der Waals surface area contributed by atoms with Gasteiger partial charge in [0, 0.05) is 5.54 Å². The molecule has 1 aliphatic heterocycles. The summed E-state index contributed by atoms with van der Waals surface area (Å²) in [6, 6.07) is 0. The molecule has 2 unspecified atom stereocenters. The summed E-state index contributed by atoms with van der Waals surface area (Å²) in [6.07, 6.45) is -1.12. The zero-order valence-corrected chi connectivity index (χ0v) is 10.8. The highest BCUT2D eigenvalue weighted by molar-refractivity contribution is 7.52. The Morgan fingerprint density at radius 1 is 1.25 bits per heavy atom. The fourth-order valence-corrected chi connectivity index (χ4v) is 4.19. The van der Waals surface area contributed by atoms with Crippen LogP contribution in [0.1, 0.15) is 34.1 Å². The predicted octanol–water partition coefficient (Wildman–Crippen LogP) is 0.502. The molecule has 0 saturated carbocycles. The van der Waals surface area contributed by atoms with Crippen molar-refractivity contribution in [1.82, 2.24) is 5.06 Å². The Labute approximate surface area is 95.0 Å². The first-order valence-corrected chi connectivity index (χ1v) is 6.79. The van der Waals surface area contributed by atoms with Crippen molar-refractivity contribution in [3.8, 4) is 0 Å². The average Bonchev–Trinajstić information content (AvgIpc) is 1.95. The maximum absolute atomic E-state index is 12.0. The molecule has 7 heteroatoms. The van der Waals surface area contributed by atoms with Gasteiger partial charge in [-0.2, -0.15) is 0 Å². The van der Waals surface area contributed by atoms with Crippen LogP contribution in [-0.2, 0) is 9.77 Å². The second-order valence-corrected chi connectivity index (χ2v) is 7.30. The summed E-state index contributed by atoms with van der Waals surface area (Å²) in [7, 11) is -4.50. The van der Waals surface area contributed by atoms with Crippen LogP contribution < -0.4 is 0 Å². The molecule has 1 saturated heterocycles. The highest BCUT2D eigenvalue weighted by atomic mass is 31.2. The molecule has 3 N–H and O–H groups in total. The molecular weight excluding hydrogens is 233 g/mol. The van der Waals surface area contributed by atoms with Crippen LogP contribution in [0.25, 0.3) is 0 Å². The van der Waals surface area contributed by atoms with Crippen molar-refractivity contribution >= 4 is 7.60 Å². The van der Waals surface area contributed by atoms with E-state index < -0.39 is 30.4 Å². The molecule has 6 nitrogen and oxygen atoms in total. The molecule has 2 atom stereocenters. The van der Waals surface area contributed by atoms with E-state index in [1.807, 2.05) is 0 Å². The molecular formula is C9H19NO5P. The second kappa shape index (κ2) is 3.77. The van der Waals surface area contributed by atoms with E-state index in [1.54, 1.807) is 13.8 Å². The minimum Gasteiger partial charge on any atom is -0.392 e. The number of rotatable bonds is 1. The lowest BCUT2D eigenvalue weighted by molar-refractivity contribution is -0.297. The van der Waals surface area contributed by atoms with Crippen molar-refractivity contribution in [2.45, 2.75) is 57.0 Å². The van der Waals surface area contributed by atoms with E-state index in [0.717, 1.165) is 0 Å². The minimum absolute atomic E-state index is 0.0513. The summed E-state index contributed by atoms with van der Waals surface area (Å²) in [6.45, 7) is 6.21. The van der Waals surface area contributed by atoms with Crippen LogP contribution in [0.5, 0.6) is 0 Å². The molecule has 0 aromatic carbocycles. The van der Waals surface area contributed by atoms with Crippen LogP contribution in [0.2, 0.25) is 0 Å². The highest BCUT2D eigenvalue weighted by Gasteiger charge is 2.58. The Kier molecular flexibility index (Phi) is 3.32. The van der Waals surface area contributed by atoms with Gasteiger partial charge >= 0.3 is 7.60 Å². The zero-order chi connectivity index (χ0) is 12.9. The minimum atomic E-state index is -4.50. The number of hydroxylamine groups is 2. The van der Waals surface area contributed by atoms with E-state index >= 15 is 0 Å². The summed E-state index contributed by atoms with van der Waals surface area (Å²) in [4.78, 5) is 18.4. The van der Waals surface area contributed by atoms with Crippen LogP contribution in [-0.4, -0.2) is 42.8 Å². The quantitative estimate of drug-likeness (QED) is 0.590. The van der Waals surface area contributed by atoms with Crippen molar-refractivity contribution in [2.75, 3.05) is 0 Å². The second-order valence-electron chi connectivity index (χ2n) is 5.57. The van der Waals surface area contributed by atoms with E-state index in [4.69, 9.17) is 0 Å². The van der Waals surface area contributed by atoms with Crippen molar-refractivity contribution in [3.63, 3.8) is 0 Å². The van der Waals surface area contributed by atoms with Crippen LogP contribution in [0.15, 0.2) is 0 Å². The molecule has 1 aliphatic rings. The van der Waals surface area contributed by atoms with Gasteiger partial charge in [0.2, 0.25) is 0 Å². The molecule has 95 valence electrons. The van der Waals surface area contributed by atoms with Gasteiger partial charge in [0.25, 0.3) is 0 Å². The number of hydrogen-bond acceptors (Lipinski definition) is 3. The first kappa shape index (κ1) is 14.1.